The van der Waals surface area contributed by atoms with E-state index in [0.29, 0.717) is 25.1 Å². The first kappa shape index (κ1) is 17.6. The number of hydrogen-bond donors (Lipinski definition) is 2. The fourth-order valence-corrected chi connectivity index (χ4v) is 5.14. The van der Waals surface area contributed by atoms with Crippen molar-refractivity contribution >= 4 is 11.8 Å². The molecule has 1 spiro atoms. The number of morpholine rings is 1. The molecule has 3 aliphatic rings. The fourth-order valence-electron chi connectivity index (χ4n) is 5.14. The molecule has 24 heavy (non-hydrogen) atoms. The summed E-state index contributed by atoms with van der Waals surface area (Å²) in [6.45, 7) is 6.41. The summed E-state index contributed by atoms with van der Waals surface area (Å²) >= 11 is 0. The number of likely N-dealkylation sites (tertiary alicyclic amines) is 1. The van der Waals surface area contributed by atoms with Gasteiger partial charge in [0, 0.05) is 24.5 Å². The van der Waals surface area contributed by atoms with Crippen LogP contribution in [0.2, 0.25) is 0 Å². The Morgan fingerprint density at radius 2 is 2.21 bits per heavy atom. The second-order valence-electron chi connectivity index (χ2n) is 7.98. The van der Waals surface area contributed by atoms with Crippen LogP contribution in [0.25, 0.3) is 0 Å². The molecule has 2 saturated heterocycles. The number of nitrogens with one attached hydrogen (secondary N) is 1. The van der Waals surface area contributed by atoms with E-state index in [0.717, 1.165) is 19.4 Å². The summed E-state index contributed by atoms with van der Waals surface area (Å²) in [5.41, 5.74) is 0.106. The zero-order chi connectivity index (χ0) is 17.5. The molecular weight excluding hydrogens is 310 g/mol. The summed E-state index contributed by atoms with van der Waals surface area (Å²) < 4.78 is 5.07. The molecule has 3 fully saturated rings. The van der Waals surface area contributed by atoms with Crippen LogP contribution in [0.3, 0.4) is 0 Å². The van der Waals surface area contributed by atoms with Crippen LogP contribution >= 0.6 is 0 Å². The summed E-state index contributed by atoms with van der Waals surface area (Å²) in [5, 5.41) is 13.4. The summed E-state index contributed by atoms with van der Waals surface area (Å²) in [5.74, 6) is 0.178. The van der Waals surface area contributed by atoms with E-state index in [1.54, 1.807) is 0 Å². The van der Waals surface area contributed by atoms with E-state index in [2.05, 4.69) is 31.1 Å². The smallest absolute Gasteiger partial charge is 0.249 e. The van der Waals surface area contributed by atoms with Crippen molar-refractivity contribution in [3.63, 3.8) is 0 Å². The maximum atomic E-state index is 12.3. The standard InChI is InChI=1S/C17H29N3O4/c1-11(2)16-17(10-19(16)3)6-12(13(21)7-17)18-14(22)8-20-4-5-24-9-15(20)23/h11-13,16,21H,4-10H2,1-3H3,(H,18,22)/t12-,13-,16?,17?/m1/s1. The SMILES string of the molecule is CC(C)C1N(C)CC12C[C@@H](O)[C@H](NC(=O)CN1CCOCC1=O)C2. The molecule has 4 atom stereocenters. The Morgan fingerprint density at radius 1 is 1.46 bits per heavy atom. The number of aliphatic hydroxyl groups is 1. The third kappa shape index (κ3) is 3.17. The quantitative estimate of drug-likeness (QED) is 0.718. The monoisotopic (exact) mass is 339 g/mol. The summed E-state index contributed by atoms with van der Waals surface area (Å²) in [6, 6.07) is 0.235. The van der Waals surface area contributed by atoms with E-state index in [4.69, 9.17) is 4.74 Å². The third-order valence-electron chi connectivity index (χ3n) is 5.77. The summed E-state index contributed by atoms with van der Waals surface area (Å²) in [7, 11) is 2.12. The molecular formula is C17H29N3O4. The first-order chi connectivity index (χ1) is 11.3. The lowest BCUT2D eigenvalue weighted by Gasteiger charge is -2.57. The average Bonchev–Trinajstić information content (AvgIpc) is 2.78. The van der Waals surface area contributed by atoms with Crippen molar-refractivity contribution in [1.29, 1.82) is 0 Å². The van der Waals surface area contributed by atoms with Gasteiger partial charge in [0.2, 0.25) is 11.8 Å². The van der Waals surface area contributed by atoms with Gasteiger partial charge in [0.15, 0.2) is 0 Å². The largest absolute Gasteiger partial charge is 0.391 e. The molecule has 2 unspecified atom stereocenters. The van der Waals surface area contributed by atoms with Crippen LogP contribution in [-0.2, 0) is 14.3 Å². The van der Waals surface area contributed by atoms with Crippen molar-refractivity contribution in [3.05, 3.63) is 0 Å². The maximum Gasteiger partial charge on any atom is 0.249 e. The second kappa shape index (κ2) is 6.61. The first-order valence-electron chi connectivity index (χ1n) is 8.85. The Balaban J connectivity index is 1.56. The molecule has 2 amide bonds. The molecule has 3 rings (SSSR count). The molecule has 0 bridgehead atoms. The molecule has 2 N–H and O–H groups in total. The molecule has 2 aliphatic heterocycles. The van der Waals surface area contributed by atoms with Gasteiger partial charge in [-0.1, -0.05) is 13.8 Å². The molecule has 2 heterocycles. The lowest BCUT2D eigenvalue weighted by Crippen LogP contribution is -2.64. The molecule has 0 aromatic carbocycles. The van der Waals surface area contributed by atoms with E-state index in [1.165, 1.54) is 4.90 Å². The minimum atomic E-state index is -0.510. The van der Waals surface area contributed by atoms with Gasteiger partial charge in [-0.25, -0.2) is 0 Å². The van der Waals surface area contributed by atoms with Gasteiger partial charge in [0.1, 0.15) is 6.61 Å². The van der Waals surface area contributed by atoms with Gasteiger partial charge in [0.25, 0.3) is 0 Å². The minimum Gasteiger partial charge on any atom is -0.391 e. The Labute approximate surface area is 143 Å². The predicted molar refractivity (Wildman–Crippen MR) is 88.3 cm³/mol. The van der Waals surface area contributed by atoms with E-state index >= 15 is 0 Å². The van der Waals surface area contributed by atoms with Gasteiger partial charge in [-0.3, -0.25) is 9.59 Å². The van der Waals surface area contributed by atoms with E-state index < -0.39 is 6.10 Å². The molecule has 0 aromatic heterocycles. The third-order valence-corrected chi connectivity index (χ3v) is 5.77. The lowest BCUT2D eigenvalue weighted by molar-refractivity contribution is -0.146. The average molecular weight is 339 g/mol. The first-order valence-corrected chi connectivity index (χ1v) is 8.85. The van der Waals surface area contributed by atoms with E-state index in [9.17, 15) is 14.7 Å². The van der Waals surface area contributed by atoms with E-state index in [-0.39, 0.29) is 36.4 Å². The number of rotatable bonds is 4. The van der Waals surface area contributed by atoms with Crippen molar-refractivity contribution in [2.24, 2.45) is 11.3 Å². The van der Waals surface area contributed by atoms with Crippen molar-refractivity contribution in [3.8, 4) is 0 Å². The van der Waals surface area contributed by atoms with Crippen molar-refractivity contribution < 1.29 is 19.4 Å². The van der Waals surface area contributed by atoms with Crippen LogP contribution in [0.1, 0.15) is 26.7 Å². The zero-order valence-corrected chi connectivity index (χ0v) is 14.8. The Hall–Kier alpha value is -1.18. The molecule has 7 nitrogen and oxygen atoms in total. The van der Waals surface area contributed by atoms with Gasteiger partial charge in [-0.05, 0) is 25.8 Å². The number of aliphatic hydroxyl groups excluding tert-OH is 1. The Kier molecular flexibility index (Phi) is 4.86. The van der Waals surface area contributed by atoms with Crippen molar-refractivity contribution in [2.45, 2.75) is 44.9 Å². The highest BCUT2D eigenvalue weighted by Crippen LogP contribution is 2.52. The Bertz CT molecular complexity index is 507. The summed E-state index contributed by atoms with van der Waals surface area (Å²) in [4.78, 5) is 27.9. The molecule has 1 aliphatic carbocycles. The number of ether oxygens (including phenoxy) is 1. The predicted octanol–water partition coefficient (Wildman–Crippen LogP) is -0.559. The van der Waals surface area contributed by atoms with Crippen LogP contribution in [0.5, 0.6) is 0 Å². The zero-order valence-electron chi connectivity index (χ0n) is 14.8. The number of amides is 2. The van der Waals surface area contributed by atoms with Crippen LogP contribution in [0, 0.1) is 11.3 Å². The van der Waals surface area contributed by atoms with Crippen molar-refractivity contribution in [2.75, 3.05) is 39.9 Å². The van der Waals surface area contributed by atoms with Gasteiger partial charge in [-0.15, -0.1) is 0 Å². The van der Waals surface area contributed by atoms with Crippen LogP contribution in [-0.4, -0.2) is 84.8 Å². The summed E-state index contributed by atoms with van der Waals surface area (Å²) in [6.07, 6.45) is 1.04. The van der Waals surface area contributed by atoms with Crippen LogP contribution < -0.4 is 5.32 Å². The number of hydrogen-bond acceptors (Lipinski definition) is 5. The molecule has 0 aromatic rings. The molecule has 1 saturated carbocycles. The Morgan fingerprint density at radius 3 is 2.83 bits per heavy atom. The second-order valence-corrected chi connectivity index (χ2v) is 7.98. The lowest BCUT2D eigenvalue weighted by atomic mass is 9.66. The molecule has 0 radical (unpaired) electrons. The van der Waals surface area contributed by atoms with Crippen molar-refractivity contribution in [1.82, 2.24) is 15.1 Å². The topological polar surface area (TPSA) is 82.1 Å². The molecule has 136 valence electrons. The van der Waals surface area contributed by atoms with E-state index in [1.807, 2.05) is 0 Å². The molecule has 7 heteroatoms. The van der Waals surface area contributed by atoms with Crippen LogP contribution in [0.15, 0.2) is 0 Å². The number of carbonyl (C=O) groups excluding carboxylic acids is 2. The van der Waals surface area contributed by atoms with Gasteiger partial charge < -0.3 is 25.0 Å². The fraction of sp³-hybridized carbons (Fsp3) is 0.882. The highest BCUT2D eigenvalue weighted by atomic mass is 16.5. The number of nitrogens with zero attached hydrogens (tertiary/aromatic N) is 2. The van der Waals surface area contributed by atoms with Gasteiger partial charge >= 0.3 is 0 Å². The van der Waals surface area contributed by atoms with Crippen LogP contribution in [0.4, 0.5) is 0 Å². The maximum absolute atomic E-state index is 12.3. The number of carbonyl (C=O) groups is 2. The normalized spacial score (nSPS) is 37.1. The highest BCUT2D eigenvalue weighted by Gasteiger charge is 2.58. The highest BCUT2D eigenvalue weighted by molar-refractivity contribution is 5.85. The minimum absolute atomic E-state index is 0.0465. The van der Waals surface area contributed by atoms with Gasteiger partial charge in [0.05, 0.1) is 25.3 Å². The van der Waals surface area contributed by atoms with Gasteiger partial charge in [-0.2, -0.15) is 0 Å².